The summed E-state index contributed by atoms with van der Waals surface area (Å²) < 4.78 is 29.8. The van der Waals surface area contributed by atoms with Gasteiger partial charge in [0.2, 0.25) is 5.69 Å². The molecule has 0 unspecified atom stereocenters. The monoisotopic (exact) mass is 313 g/mol. The normalized spacial score (nSPS) is 10.7. The Kier molecular flexibility index (Phi) is 8.48. The fourth-order valence-electron chi connectivity index (χ4n) is 1.51. The minimum atomic E-state index is -4.67. The average Bonchev–Trinajstić information content (AvgIpc) is 2.34. The van der Waals surface area contributed by atoms with Gasteiger partial charge < -0.3 is 15.5 Å². The first-order chi connectivity index (χ1) is 8.40. The van der Waals surface area contributed by atoms with E-state index in [9.17, 15) is 13.9 Å². The van der Waals surface area contributed by atoms with Gasteiger partial charge in [-0.2, -0.15) is 0 Å². The number of hydrogen-bond donors (Lipinski definition) is 2. The molecule has 2 N–H and O–H groups in total. The molecule has 0 aliphatic carbocycles. The van der Waals surface area contributed by atoms with E-state index in [0.29, 0.717) is 13.1 Å². The summed E-state index contributed by atoms with van der Waals surface area (Å²) in [6, 6.07) is 5.87. The fourth-order valence-corrected chi connectivity index (χ4v) is 1.90. The van der Waals surface area contributed by atoms with Crippen LogP contribution in [0.25, 0.3) is 5.53 Å². The standard InChI is InChI=1S/C10H15N3O4S.K.H/c1-2-12(7-8-14)9-3-5-10(6-4-9)13(11)18(15,16)17;;/h3-6,14H,2,7-8H2,1H3,(H,15,16,17);;. The van der Waals surface area contributed by atoms with Crippen molar-refractivity contribution in [3.8, 4) is 0 Å². The van der Waals surface area contributed by atoms with E-state index in [0.717, 1.165) is 5.69 Å². The van der Waals surface area contributed by atoms with Crippen molar-refractivity contribution in [2.45, 2.75) is 6.92 Å². The minimum absolute atomic E-state index is 0. The van der Waals surface area contributed by atoms with Crippen molar-refractivity contribution in [3.63, 3.8) is 0 Å². The molecule has 0 radical (unpaired) electrons. The third kappa shape index (κ3) is 5.56. The summed E-state index contributed by atoms with van der Waals surface area (Å²) in [5.74, 6) is 0. The van der Waals surface area contributed by atoms with E-state index < -0.39 is 10.3 Å². The molecular formula is C10H16KN3O4S. The number of nitrogens with zero attached hydrogens (tertiary/aromatic N) is 3. The van der Waals surface area contributed by atoms with Crippen LogP contribution in [0.4, 0.5) is 11.4 Å². The molecule has 19 heavy (non-hydrogen) atoms. The third-order valence-corrected chi connectivity index (χ3v) is 3.05. The first-order valence-electron chi connectivity index (χ1n) is 5.32. The van der Waals surface area contributed by atoms with E-state index in [-0.39, 0.29) is 67.8 Å². The molecule has 0 aliphatic rings. The molecule has 0 saturated heterocycles. The second kappa shape index (κ2) is 8.42. The Hall–Kier alpha value is 0.126. The van der Waals surface area contributed by atoms with E-state index in [2.05, 4.69) is 0 Å². The van der Waals surface area contributed by atoms with Crippen LogP contribution in [0.1, 0.15) is 6.92 Å². The Balaban J connectivity index is 0.00000324. The van der Waals surface area contributed by atoms with Gasteiger partial charge >= 0.3 is 61.7 Å². The molecule has 0 fully saturated rings. The molecule has 1 aromatic rings. The molecule has 102 valence electrons. The number of anilines is 1. The van der Waals surface area contributed by atoms with Gasteiger partial charge in [-0.1, -0.05) is 0 Å². The van der Waals surface area contributed by atoms with Gasteiger partial charge in [-0.05, 0) is 19.1 Å². The Morgan fingerprint density at radius 1 is 1.32 bits per heavy atom. The molecular weight excluding hydrogens is 297 g/mol. The zero-order valence-electron chi connectivity index (χ0n) is 9.89. The quantitative estimate of drug-likeness (QED) is 0.341. The van der Waals surface area contributed by atoms with Crippen LogP contribution in [0.3, 0.4) is 0 Å². The van der Waals surface area contributed by atoms with Crippen molar-refractivity contribution in [1.29, 1.82) is 0 Å². The van der Waals surface area contributed by atoms with E-state index in [1.807, 2.05) is 11.8 Å². The summed E-state index contributed by atoms with van der Waals surface area (Å²) in [4.78, 5) is 1.87. The molecule has 0 spiro atoms. The molecule has 0 aliphatic heterocycles. The van der Waals surface area contributed by atoms with Gasteiger partial charge in [0.15, 0.2) is 0 Å². The summed E-state index contributed by atoms with van der Waals surface area (Å²) in [7, 11) is -4.67. The first-order valence-corrected chi connectivity index (χ1v) is 6.72. The van der Waals surface area contributed by atoms with Gasteiger partial charge in [-0.15, -0.1) is 12.5 Å². The maximum atomic E-state index is 10.7. The van der Waals surface area contributed by atoms with Gasteiger partial charge in [0.1, 0.15) is 0 Å². The predicted molar refractivity (Wildman–Crippen MR) is 73.4 cm³/mol. The van der Waals surface area contributed by atoms with E-state index >= 15 is 0 Å². The number of aliphatic hydroxyl groups is 1. The van der Waals surface area contributed by atoms with Crippen molar-refractivity contribution in [1.82, 2.24) is 0 Å². The predicted octanol–water partition coefficient (Wildman–Crippen LogP) is 0.325. The van der Waals surface area contributed by atoms with Crippen LogP contribution in [0.2, 0.25) is 0 Å². The Morgan fingerprint density at radius 3 is 2.21 bits per heavy atom. The summed E-state index contributed by atoms with van der Waals surface area (Å²) in [5.41, 5.74) is 9.90. The number of likely N-dealkylation sites (N-methyl/N-ethyl adjacent to an activating group) is 1. The molecule has 1 rings (SSSR count). The van der Waals surface area contributed by atoms with Gasteiger partial charge in [0, 0.05) is 30.9 Å². The number of rotatable bonds is 6. The number of hydrogen-bond acceptors (Lipinski definition) is 4. The second-order valence-corrected chi connectivity index (χ2v) is 4.78. The third-order valence-electron chi connectivity index (χ3n) is 2.41. The fraction of sp³-hybridized carbons (Fsp3) is 0.400. The summed E-state index contributed by atoms with van der Waals surface area (Å²) in [6.07, 6.45) is 0. The van der Waals surface area contributed by atoms with Gasteiger partial charge in [0.25, 0.3) is 0 Å². The Bertz CT molecular complexity index is 518. The van der Waals surface area contributed by atoms with Crippen LogP contribution in [0.15, 0.2) is 24.3 Å². The van der Waals surface area contributed by atoms with Crippen molar-refractivity contribution in [2.24, 2.45) is 0 Å². The second-order valence-electron chi connectivity index (χ2n) is 3.54. The van der Waals surface area contributed by atoms with Crippen LogP contribution in [0, 0.1) is 0 Å². The Morgan fingerprint density at radius 2 is 1.84 bits per heavy atom. The average molecular weight is 313 g/mol. The molecule has 0 aromatic heterocycles. The summed E-state index contributed by atoms with van der Waals surface area (Å²) in [6.45, 7) is 3.06. The van der Waals surface area contributed by atoms with E-state index in [4.69, 9.17) is 9.66 Å². The molecule has 7 nitrogen and oxygen atoms in total. The molecule has 9 heteroatoms. The van der Waals surface area contributed by atoms with Crippen LogP contribution in [-0.2, 0) is 10.3 Å². The SMILES string of the molecule is CCN(CCO)c1ccc([N+](=[N-])S(=O)(=O)O)cc1.[KH]. The van der Waals surface area contributed by atoms with Gasteiger partial charge in [0.05, 0.1) is 6.61 Å². The van der Waals surface area contributed by atoms with Crippen LogP contribution < -0.4 is 4.90 Å². The zero-order valence-corrected chi connectivity index (χ0v) is 10.7. The molecule has 0 amide bonds. The summed E-state index contributed by atoms with van der Waals surface area (Å²) >= 11 is 0. The number of benzene rings is 1. The molecule has 0 atom stereocenters. The van der Waals surface area contributed by atoms with Crippen LogP contribution >= 0.6 is 0 Å². The van der Waals surface area contributed by atoms with E-state index in [1.165, 1.54) is 12.1 Å². The zero-order chi connectivity index (χ0) is 13.8. The van der Waals surface area contributed by atoms with Gasteiger partial charge in [-0.3, -0.25) is 0 Å². The first kappa shape index (κ1) is 19.1. The summed E-state index contributed by atoms with van der Waals surface area (Å²) in [5, 5.41) is 8.88. The van der Waals surface area contributed by atoms with Gasteiger partial charge in [-0.25, -0.2) is 4.55 Å². The van der Waals surface area contributed by atoms with Crippen molar-refractivity contribution >= 4 is 73.1 Å². The maximum absolute atomic E-state index is 10.7. The van der Waals surface area contributed by atoms with Crippen molar-refractivity contribution < 1.29 is 22.2 Å². The van der Waals surface area contributed by atoms with E-state index in [1.54, 1.807) is 12.1 Å². The van der Waals surface area contributed by atoms with Crippen LogP contribution in [0.5, 0.6) is 0 Å². The van der Waals surface area contributed by atoms with Crippen LogP contribution in [-0.4, -0.2) is 93.3 Å². The Labute approximate surface area is 155 Å². The number of aliphatic hydroxyl groups excluding tert-OH is 1. The molecule has 0 bridgehead atoms. The molecule has 1 aromatic carbocycles. The van der Waals surface area contributed by atoms with Crippen molar-refractivity contribution in [2.75, 3.05) is 24.6 Å². The topological polar surface area (TPSA) is 103 Å². The van der Waals surface area contributed by atoms with Crippen molar-refractivity contribution in [3.05, 3.63) is 29.8 Å². The molecule has 0 heterocycles. The molecule has 0 saturated carbocycles.